The van der Waals surface area contributed by atoms with Crippen LogP contribution in [-0.2, 0) is 0 Å². The Morgan fingerprint density at radius 2 is 1.86 bits per heavy atom. The Hall–Kier alpha value is -4.08. The molecule has 0 atom stereocenters. The number of benzene rings is 1. The zero-order valence-electron chi connectivity index (χ0n) is 19.8. The average Bonchev–Trinajstić information content (AvgIpc) is 3.66. The third-order valence-electron chi connectivity index (χ3n) is 6.82. The molecule has 184 valence electrons. The van der Waals surface area contributed by atoms with Crippen LogP contribution in [0.25, 0.3) is 54.9 Å². The van der Waals surface area contributed by atoms with Gasteiger partial charge in [0.1, 0.15) is 23.2 Å². The van der Waals surface area contributed by atoms with E-state index in [0.29, 0.717) is 0 Å². The summed E-state index contributed by atoms with van der Waals surface area (Å²) >= 11 is 1.13. The Balaban J connectivity index is 1.26. The van der Waals surface area contributed by atoms with Gasteiger partial charge in [-0.2, -0.15) is 9.49 Å². The quantitative estimate of drug-likeness (QED) is 0.258. The van der Waals surface area contributed by atoms with E-state index >= 15 is 0 Å². The van der Waals surface area contributed by atoms with Crippen molar-refractivity contribution in [3.05, 3.63) is 72.3 Å². The molecule has 0 radical (unpaired) electrons. The second-order valence-corrected chi connectivity index (χ2v) is 10.3. The molecule has 0 aliphatic carbocycles. The Labute approximate surface area is 215 Å². The van der Waals surface area contributed by atoms with Crippen molar-refractivity contribution >= 4 is 33.3 Å². The van der Waals surface area contributed by atoms with Gasteiger partial charge in [-0.1, -0.05) is 6.07 Å². The smallest absolute Gasteiger partial charge is 0.176 e. The number of ether oxygens (including phenoxy) is 1. The van der Waals surface area contributed by atoms with Crippen molar-refractivity contribution in [2.75, 3.05) is 13.1 Å². The van der Waals surface area contributed by atoms with Gasteiger partial charge >= 0.3 is 0 Å². The van der Waals surface area contributed by atoms with Gasteiger partial charge in [0.25, 0.3) is 0 Å². The topological polar surface area (TPSA) is 91.5 Å². The predicted octanol–water partition coefficient (Wildman–Crippen LogP) is 6.17. The fourth-order valence-electron chi connectivity index (χ4n) is 4.97. The first-order chi connectivity index (χ1) is 18.2. The lowest BCUT2D eigenvalue weighted by molar-refractivity contribution is 0.162. The molecule has 7 rings (SSSR count). The van der Waals surface area contributed by atoms with E-state index in [1.54, 1.807) is 18.5 Å². The van der Waals surface area contributed by atoms with E-state index in [0.717, 1.165) is 97.9 Å². The molecule has 0 saturated carbocycles. The summed E-state index contributed by atoms with van der Waals surface area (Å²) in [6.45, 7) is 1.96. The molecule has 6 heterocycles. The first-order valence-corrected chi connectivity index (χ1v) is 13.1. The van der Waals surface area contributed by atoms with Crippen LogP contribution in [0.1, 0.15) is 12.8 Å². The van der Waals surface area contributed by atoms with Crippen LogP contribution in [-0.4, -0.2) is 44.3 Å². The van der Waals surface area contributed by atoms with Crippen molar-refractivity contribution in [2.45, 2.75) is 18.9 Å². The van der Waals surface area contributed by atoms with E-state index in [1.165, 1.54) is 6.07 Å². The second kappa shape index (κ2) is 9.10. The summed E-state index contributed by atoms with van der Waals surface area (Å²) < 4.78 is 19.9. The summed E-state index contributed by atoms with van der Waals surface area (Å²) in [4.78, 5) is 13.2. The third kappa shape index (κ3) is 4.16. The van der Waals surface area contributed by atoms with Gasteiger partial charge in [-0.05, 0) is 74.0 Å². The number of nitrogens with one attached hydrogen (secondary N) is 3. The molecule has 1 saturated heterocycles. The molecule has 3 N–H and O–H groups in total. The molecule has 0 unspecified atom stereocenters. The van der Waals surface area contributed by atoms with Crippen molar-refractivity contribution in [3.63, 3.8) is 0 Å². The average molecular weight is 511 g/mol. The van der Waals surface area contributed by atoms with Crippen LogP contribution < -0.4 is 10.1 Å². The van der Waals surface area contributed by atoms with Crippen molar-refractivity contribution in [1.29, 1.82) is 0 Å². The summed E-state index contributed by atoms with van der Waals surface area (Å²) in [7, 11) is 0. The summed E-state index contributed by atoms with van der Waals surface area (Å²) in [6, 6.07) is 15.5. The molecular weight excluding hydrogens is 487 g/mol. The number of aromatic nitrogens is 5. The number of aromatic amines is 2. The molecule has 0 amide bonds. The standard InChI is InChI=1S/C28H23FN6OS/c29-26-4-3-25(37-26)20-7-10-32-28-21(20)13-24(33-28)27-22-12-16(1-2-23(22)34-35-27)17-11-19(15-31-14-17)36-18-5-8-30-9-6-18/h1-4,7,10-15,18,30H,5-6,8-9H2,(H,32,33)(H,34,35). The lowest BCUT2D eigenvalue weighted by Crippen LogP contribution is -2.34. The monoisotopic (exact) mass is 510 g/mol. The Morgan fingerprint density at radius 3 is 2.73 bits per heavy atom. The number of H-pyrrole nitrogens is 2. The number of halogens is 1. The van der Waals surface area contributed by atoms with E-state index in [2.05, 4.69) is 48.7 Å². The zero-order chi connectivity index (χ0) is 24.8. The molecule has 1 aliphatic rings. The highest BCUT2D eigenvalue weighted by molar-refractivity contribution is 7.14. The van der Waals surface area contributed by atoms with Gasteiger partial charge in [0.2, 0.25) is 0 Å². The van der Waals surface area contributed by atoms with E-state index in [-0.39, 0.29) is 11.2 Å². The molecule has 37 heavy (non-hydrogen) atoms. The lowest BCUT2D eigenvalue weighted by atomic mass is 10.0. The highest BCUT2D eigenvalue weighted by atomic mass is 32.1. The Bertz CT molecular complexity index is 1730. The maximum atomic E-state index is 13.7. The number of rotatable bonds is 5. The van der Waals surface area contributed by atoms with Crippen molar-refractivity contribution in [2.24, 2.45) is 0 Å². The van der Waals surface area contributed by atoms with Crippen molar-refractivity contribution in [3.8, 4) is 38.7 Å². The fraction of sp³-hybridized carbons (Fsp3) is 0.179. The van der Waals surface area contributed by atoms with Gasteiger partial charge in [0.15, 0.2) is 5.13 Å². The summed E-state index contributed by atoms with van der Waals surface area (Å²) in [5, 5.41) is 12.8. The molecule has 0 bridgehead atoms. The van der Waals surface area contributed by atoms with Crippen LogP contribution >= 0.6 is 11.3 Å². The molecule has 9 heteroatoms. The predicted molar refractivity (Wildman–Crippen MR) is 144 cm³/mol. The van der Waals surface area contributed by atoms with E-state index < -0.39 is 0 Å². The number of hydrogen-bond acceptors (Lipinski definition) is 6. The van der Waals surface area contributed by atoms with Gasteiger partial charge in [-0.15, -0.1) is 11.3 Å². The SMILES string of the molecule is Fc1ccc(-c2ccnc3[nH]c(-c4n[nH]c5ccc(-c6cncc(OC7CCNCC7)c6)cc45)cc23)s1. The van der Waals surface area contributed by atoms with Crippen LogP contribution in [0.2, 0.25) is 0 Å². The van der Waals surface area contributed by atoms with Gasteiger partial charge in [0.05, 0.1) is 17.4 Å². The number of piperidine rings is 1. The number of pyridine rings is 2. The van der Waals surface area contributed by atoms with Gasteiger partial charge in [0, 0.05) is 39.2 Å². The fourth-order valence-corrected chi connectivity index (χ4v) is 5.74. The highest BCUT2D eigenvalue weighted by Crippen LogP contribution is 2.36. The number of thiophene rings is 1. The van der Waals surface area contributed by atoms with Crippen molar-refractivity contribution < 1.29 is 9.13 Å². The largest absolute Gasteiger partial charge is 0.489 e. The molecule has 5 aromatic heterocycles. The summed E-state index contributed by atoms with van der Waals surface area (Å²) in [6.07, 6.45) is 7.58. The highest BCUT2D eigenvalue weighted by Gasteiger charge is 2.17. The molecule has 1 aliphatic heterocycles. The number of hydrogen-bond donors (Lipinski definition) is 3. The van der Waals surface area contributed by atoms with Gasteiger partial charge < -0.3 is 15.0 Å². The van der Waals surface area contributed by atoms with E-state index in [4.69, 9.17) is 4.74 Å². The Morgan fingerprint density at radius 1 is 0.946 bits per heavy atom. The number of fused-ring (bicyclic) bond motifs is 2. The normalized spacial score (nSPS) is 14.5. The van der Waals surface area contributed by atoms with Crippen LogP contribution in [0, 0.1) is 5.13 Å². The lowest BCUT2D eigenvalue weighted by Gasteiger charge is -2.23. The van der Waals surface area contributed by atoms with E-state index in [1.807, 2.05) is 24.4 Å². The minimum absolute atomic E-state index is 0.207. The van der Waals surface area contributed by atoms with Crippen LogP contribution in [0.4, 0.5) is 4.39 Å². The second-order valence-electron chi connectivity index (χ2n) is 9.22. The zero-order valence-corrected chi connectivity index (χ0v) is 20.6. The Kier molecular flexibility index (Phi) is 5.44. The van der Waals surface area contributed by atoms with Crippen LogP contribution in [0.3, 0.4) is 0 Å². The van der Waals surface area contributed by atoms with Crippen LogP contribution in [0.15, 0.2) is 67.1 Å². The van der Waals surface area contributed by atoms with Gasteiger partial charge in [-0.3, -0.25) is 10.1 Å². The van der Waals surface area contributed by atoms with Gasteiger partial charge in [-0.25, -0.2) is 4.98 Å². The summed E-state index contributed by atoms with van der Waals surface area (Å²) in [5.41, 5.74) is 6.27. The molecule has 1 aromatic carbocycles. The number of nitrogens with zero attached hydrogens (tertiary/aromatic N) is 3. The molecular formula is C28H23FN6OS. The maximum Gasteiger partial charge on any atom is 0.176 e. The molecule has 1 fully saturated rings. The summed E-state index contributed by atoms with van der Waals surface area (Å²) in [5.74, 6) is 0.788. The first-order valence-electron chi connectivity index (χ1n) is 12.3. The minimum Gasteiger partial charge on any atom is -0.489 e. The van der Waals surface area contributed by atoms with Crippen molar-refractivity contribution in [1.82, 2.24) is 30.5 Å². The first kappa shape index (κ1) is 22.1. The van der Waals surface area contributed by atoms with Crippen LogP contribution in [0.5, 0.6) is 5.75 Å². The third-order valence-corrected chi connectivity index (χ3v) is 7.73. The van der Waals surface area contributed by atoms with E-state index in [9.17, 15) is 4.39 Å². The molecule has 0 spiro atoms. The molecule has 7 nitrogen and oxygen atoms in total. The minimum atomic E-state index is -0.207. The maximum absolute atomic E-state index is 13.7. The molecule has 6 aromatic rings.